The molecule has 10 heteroatoms. The molecule has 9 aliphatic carbocycles. The zero-order chi connectivity index (χ0) is 77.9. The first kappa shape index (κ1) is 84.1. The number of hydrogen-bond donors (Lipinski definition) is 0. The number of hydrogen-bond acceptors (Lipinski definition) is 10. The molecule has 9 aliphatic rings. The van der Waals surface area contributed by atoms with Gasteiger partial charge in [0.1, 0.15) is 23.7 Å². The average Bonchev–Trinajstić information content (AvgIpc) is 1.70. The predicted molar refractivity (Wildman–Crippen MR) is 464 cm³/mol. The maximum atomic E-state index is 12.9. The van der Waals surface area contributed by atoms with Crippen molar-refractivity contribution in [3.63, 3.8) is 0 Å². The predicted octanol–water partition coefficient (Wildman–Crippen LogP) is 30.2. The number of aryl methyl sites for hydroxylation is 2. The molecule has 8 nitrogen and oxygen atoms in total. The summed E-state index contributed by atoms with van der Waals surface area (Å²) in [6.45, 7) is 32.2. The first-order valence-electron chi connectivity index (χ1n) is 46.1. The SMILES string of the molecule is Cc1sc(-c2ccc(OCCCCCCCCCOC(=O)O[C@@H]3CC[C@@]4(C)C(=CC[C@H]5[C@@H]6CC[C@H]([C@H](C)CCCC(C)C)[C@@]6(C)CC[C@@H]54)C3)cc2)cc1C1=C(c2cc(-c3ccc(OCCCCCCCCCOC(=O)O[C@@H]4CC[C@@]5(C)C(=CC[C@H]6[C@@H]7CC[C@H]([C@H](C)CCCC(C)C)[C@@]7(C)CC[C@@H]65)C4)cc3)sc2C)CCC1. The van der Waals surface area contributed by atoms with Crippen LogP contribution in [0.25, 0.3) is 32.0 Å². The summed E-state index contributed by atoms with van der Waals surface area (Å²) in [5, 5.41) is 0. The average molecular weight is 1550 g/mol. The van der Waals surface area contributed by atoms with Crippen LogP contribution in [0.4, 0.5) is 9.59 Å². The molecule has 0 N–H and O–H groups in total. The molecule has 0 unspecified atom stereocenters. The third-order valence-corrected chi connectivity index (χ3v) is 33.8. The van der Waals surface area contributed by atoms with E-state index < -0.39 is 12.3 Å². The first-order valence-corrected chi connectivity index (χ1v) is 47.7. The number of carbonyl (C=O) groups excluding carboxylic acids is 2. The number of unbranched alkanes of at least 4 members (excludes halogenated alkanes) is 12. The van der Waals surface area contributed by atoms with Crippen molar-refractivity contribution in [2.75, 3.05) is 26.4 Å². The summed E-state index contributed by atoms with van der Waals surface area (Å²) in [5.74, 6) is 11.9. The summed E-state index contributed by atoms with van der Waals surface area (Å²) < 4.78 is 35.8. The van der Waals surface area contributed by atoms with Crippen molar-refractivity contribution in [2.24, 2.45) is 92.7 Å². The van der Waals surface area contributed by atoms with Gasteiger partial charge in [0.2, 0.25) is 0 Å². The molecule has 0 bridgehead atoms. The minimum Gasteiger partial charge on any atom is -0.494 e. The number of benzene rings is 2. The second kappa shape index (κ2) is 38.5. The molecule has 2 heterocycles. The van der Waals surface area contributed by atoms with Crippen molar-refractivity contribution < 1.29 is 38.0 Å². The Kier molecular flexibility index (Phi) is 29.2. The van der Waals surface area contributed by atoms with E-state index in [0.29, 0.717) is 24.0 Å². The van der Waals surface area contributed by atoms with E-state index in [1.165, 1.54) is 188 Å². The summed E-state index contributed by atoms with van der Waals surface area (Å²) in [6.07, 6.45) is 51.1. The van der Waals surface area contributed by atoms with Gasteiger partial charge in [-0.05, 0) is 335 Å². The van der Waals surface area contributed by atoms with Gasteiger partial charge in [-0.3, -0.25) is 0 Å². The molecule has 4 aromatic rings. The number of ether oxygens (including phenoxy) is 6. The van der Waals surface area contributed by atoms with Gasteiger partial charge in [-0.2, -0.15) is 0 Å². The fourth-order valence-corrected chi connectivity index (χ4v) is 27.4. The molecule has 0 amide bonds. The molecule has 6 saturated carbocycles. The van der Waals surface area contributed by atoms with E-state index in [0.717, 1.165) is 211 Å². The Morgan fingerprint density at radius 3 is 1.20 bits per heavy atom. The Balaban J connectivity index is 0.453. The van der Waals surface area contributed by atoms with Crippen molar-refractivity contribution in [3.05, 3.63) is 105 Å². The Morgan fingerprint density at radius 2 is 0.811 bits per heavy atom. The van der Waals surface area contributed by atoms with Crippen molar-refractivity contribution in [3.8, 4) is 32.4 Å². The van der Waals surface area contributed by atoms with Gasteiger partial charge in [0.15, 0.2) is 0 Å². The van der Waals surface area contributed by atoms with Gasteiger partial charge in [0.25, 0.3) is 0 Å². The molecule has 0 saturated heterocycles. The van der Waals surface area contributed by atoms with E-state index in [4.69, 9.17) is 28.4 Å². The highest BCUT2D eigenvalue weighted by atomic mass is 32.1. The second-order valence-electron chi connectivity index (χ2n) is 39.4. The fraction of sp³-hybridized carbons (Fsp3) is 0.723. The van der Waals surface area contributed by atoms with Crippen LogP contribution >= 0.6 is 22.7 Å². The highest BCUT2D eigenvalue weighted by molar-refractivity contribution is 7.16. The second-order valence-corrected chi connectivity index (χ2v) is 41.9. The van der Waals surface area contributed by atoms with Crippen molar-refractivity contribution >= 4 is 46.1 Å². The van der Waals surface area contributed by atoms with Gasteiger partial charge in [0.05, 0.1) is 26.4 Å². The molecule has 612 valence electrons. The van der Waals surface area contributed by atoms with Gasteiger partial charge in [-0.15, -0.1) is 22.7 Å². The van der Waals surface area contributed by atoms with Crippen LogP contribution in [0.2, 0.25) is 0 Å². The lowest BCUT2D eigenvalue weighted by Gasteiger charge is -2.58. The molecule has 13 rings (SSSR count). The number of carbonyl (C=O) groups is 2. The number of allylic oxidation sites excluding steroid dienone is 4. The molecule has 0 aliphatic heterocycles. The maximum absolute atomic E-state index is 12.9. The third kappa shape index (κ3) is 19.9. The Bertz CT molecular complexity index is 3510. The monoisotopic (exact) mass is 1550 g/mol. The zero-order valence-electron chi connectivity index (χ0n) is 71.5. The molecule has 16 atom stereocenters. The van der Waals surface area contributed by atoms with E-state index in [1.54, 1.807) is 11.1 Å². The minimum absolute atomic E-state index is 0.0550. The lowest BCUT2D eigenvalue weighted by atomic mass is 9.47. The number of fused-ring (bicyclic) bond motifs is 10. The van der Waals surface area contributed by atoms with Crippen LogP contribution in [-0.4, -0.2) is 50.9 Å². The van der Waals surface area contributed by atoms with Crippen LogP contribution in [0.5, 0.6) is 11.5 Å². The lowest BCUT2D eigenvalue weighted by molar-refractivity contribution is -0.0617. The molecular weight excluding hydrogens is 1410 g/mol. The highest BCUT2D eigenvalue weighted by Gasteiger charge is 2.61. The van der Waals surface area contributed by atoms with Crippen LogP contribution in [0.15, 0.2) is 84.0 Å². The molecule has 2 aromatic heterocycles. The van der Waals surface area contributed by atoms with Gasteiger partial charge < -0.3 is 28.4 Å². The van der Waals surface area contributed by atoms with E-state index in [2.05, 4.69) is 156 Å². The topological polar surface area (TPSA) is 89.5 Å². The van der Waals surface area contributed by atoms with Crippen LogP contribution in [0.1, 0.15) is 341 Å². The Hall–Kier alpha value is -4.80. The molecule has 0 radical (unpaired) electrons. The third-order valence-electron chi connectivity index (χ3n) is 31.6. The normalized spacial score (nSPS) is 30.0. The summed E-state index contributed by atoms with van der Waals surface area (Å²) >= 11 is 3.82. The van der Waals surface area contributed by atoms with Gasteiger partial charge in [-0.1, -0.05) is 195 Å². The summed E-state index contributed by atoms with van der Waals surface area (Å²) in [5.41, 5.74) is 13.0. The minimum atomic E-state index is -0.467. The molecule has 0 spiro atoms. The standard InChI is InChI=1S/C101H148O8S2/c1-68(2)30-27-32-70(5)88-48-50-90-84-46-40-76-64-80(52-56-98(76,9)92(84)54-58-100(88,90)11)108-96(102)106-62-25-21-17-13-15-19-23-60-104-78-42-36-74(37-43-78)94-66-86(72(7)110-94)82-34-29-35-83(82)87-67-95(111-73(87)8)75-38-44-79(45-39-75)105-61-24-20-16-14-18-22-26-63-107-97(103)109-81-53-57-99(10)77(65-81)41-47-85-91-51-49-89(71(6)33-28-31-69(3)4)101(91,12)59-55-93(85)99/h36-45,66-71,80-81,84-85,88-93H,13-35,46-65H2,1-12H3/t70-,71-,80-,81-,84+,85+,88-,89-,90+,91+,92+,93+,98+,99+,100-,101-/m1/s1. The largest absolute Gasteiger partial charge is 0.508 e. The van der Waals surface area contributed by atoms with Gasteiger partial charge in [-0.25, -0.2) is 9.59 Å². The summed E-state index contributed by atoms with van der Waals surface area (Å²) in [6, 6.07) is 22.4. The van der Waals surface area contributed by atoms with Gasteiger partial charge in [0, 0.05) is 32.4 Å². The molecular formula is C101H148O8S2. The van der Waals surface area contributed by atoms with Crippen molar-refractivity contribution in [2.45, 2.75) is 346 Å². The van der Waals surface area contributed by atoms with Crippen molar-refractivity contribution in [1.82, 2.24) is 0 Å². The Labute approximate surface area is 681 Å². The van der Waals surface area contributed by atoms with Crippen LogP contribution in [0, 0.1) is 107 Å². The fourth-order valence-electron chi connectivity index (χ4n) is 25.3. The van der Waals surface area contributed by atoms with E-state index in [1.807, 2.05) is 22.7 Å². The zero-order valence-corrected chi connectivity index (χ0v) is 73.1. The smallest absolute Gasteiger partial charge is 0.494 e. The van der Waals surface area contributed by atoms with E-state index >= 15 is 0 Å². The quantitative estimate of drug-likeness (QED) is 0.0249. The first-order chi connectivity index (χ1) is 53.6. The number of thiophene rings is 2. The molecule has 6 fully saturated rings. The summed E-state index contributed by atoms with van der Waals surface area (Å²) in [4.78, 5) is 31.3. The number of rotatable bonds is 38. The van der Waals surface area contributed by atoms with Gasteiger partial charge >= 0.3 is 12.3 Å². The lowest BCUT2D eigenvalue weighted by Crippen LogP contribution is -2.51. The molecule has 2 aromatic carbocycles. The van der Waals surface area contributed by atoms with E-state index in [-0.39, 0.29) is 23.0 Å². The highest BCUT2D eigenvalue weighted by Crippen LogP contribution is 2.70. The summed E-state index contributed by atoms with van der Waals surface area (Å²) in [7, 11) is 0. The van der Waals surface area contributed by atoms with Crippen LogP contribution in [-0.2, 0) is 18.9 Å². The Morgan fingerprint density at radius 1 is 0.432 bits per heavy atom. The molecule has 111 heavy (non-hydrogen) atoms. The maximum Gasteiger partial charge on any atom is 0.508 e. The van der Waals surface area contributed by atoms with E-state index in [9.17, 15) is 9.59 Å². The van der Waals surface area contributed by atoms with Crippen LogP contribution in [0.3, 0.4) is 0 Å². The van der Waals surface area contributed by atoms with Crippen molar-refractivity contribution in [1.29, 1.82) is 0 Å². The van der Waals surface area contributed by atoms with Crippen LogP contribution < -0.4 is 9.47 Å².